The summed E-state index contributed by atoms with van der Waals surface area (Å²) in [6.07, 6.45) is -4.99. The zero-order chi connectivity index (χ0) is 13.2. The van der Waals surface area contributed by atoms with Crippen molar-refractivity contribution < 1.29 is 27.1 Å². The summed E-state index contributed by atoms with van der Waals surface area (Å²) in [6, 6.07) is 2.66. The maximum absolute atomic E-state index is 13.0. The van der Waals surface area contributed by atoms with Crippen molar-refractivity contribution in [3.05, 3.63) is 29.6 Å². The lowest BCUT2D eigenvalue weighted by atomic mass is 10.0. The molecule has 0 aromatic heterocycles. The standard InChI is InChI=1S/C11H10F4O2/c1-6(2)10(16)7-3-4-8(12)9(5-7)17-11(13,14)15/h3-6H,1-2H3. The SMILES string of the molecule is CC(C)C(=O)c1ccc(F)c(OC(F)(F)F)c1. The van der Waals surface area contributed by atoms with E-state index in [1.54, 1.807) is 13.8 Å². The largest absolute Gasteiger partial charge is 0.573 e. The number of benzene rings is 1. The van der Waals surface area contributed by atoms with Gasteiger partial charge in [-0.25, -0.2) is 4.39 Å². The molecule has 1 aromatic rings. The maximum atomic E-state index is 13.0. The van der Waals surface area contributed by atoms with E-state index < -0.39 is 17.9 Å². The molecule has 0 fully saturated rings. The van der Waals surface area contributed by atoms with Crippen LogP contribution in [0.1, 0.15) is 24.2 Å². The van der Waals surface area contributed by atoms with Crippen LogP contribution < -0.4 is 4.74 Å². The van der Waals surface area contributed by atoms with Gasteiger partial charge >= 0.3 is 6.36 Å². The summed E-state index contributed by atoms with van der Waals surface area (Å²) in [7, 11) is 0. The molecule has 0 spiro atoms. The lowest BCUT2D eigenvalue weighted by Gasteiger charge is -2.11. The second-order valence-corrected chi connectivity index (χ2v) is 3.71. The molecule has 1 rings (SSSR count). The average molecular weight is 250 g/mol. The molecule has 0 saturated heterocycles. The Morgan fingerprint density at radius 3 is 2.35 bits per heavy atom. The number of alkyl halides is 3. The van der Waals surface area contributed by atoms with E-state index >= 15 is 0 Å². The molecule has 2 nitrogen and oxygen atoms in total. The molecular formula is C11H10F4O2. The predicted molar refractivity (Wildman–Crippen MR) is 52.3 cm³/mol. The molecule has 0 aliphatic carbocycles. The number of ketones is 1. The van der Waals surface area contributed by atoms with E-state index in [9.17, 15) is 22.4 Å². The zero-order valence-electron chi connectivity index (χ0n) is 9.14. The van der Waals surface area contributed by atoms with Gasteiger partial charge in [0, 0.05) is 11.5 Å². The number of Topliss-reactive ketones (excluding diaryl/α,β-unsaturated/α-hetero) is 1. The summed E-state index contributed by atoms with van der Waals surface area (Å²) in [5.41, 5.74) is -0.0133. The van der Waals surface area contributed by atoms with Gasteiger partial charge < -0.3 is 4.74 Å². The van der Waals surface area contributed by atoms with Gasteiger partial charge in [-0.3, -0.25) is 4.79 Å². The molecule has 94 valence electrons. The van der Waals surface area contributed by atoms with E-state index in [2.05, 4.69) is 4.74 Å². The number of hydrogen-bond donors (Lipinski definition) is 0. The second kappa shape index (κ2) is 4.73. The third-order valence-electron chi connectivity index (χ3n) is 1.97. The molecule has 0 atom stereocenters. The van der Waals surface area contributed by atoms with Crippen LogP contribution in [0.25, 0.3) is 0 Å². The summed E-state index contributed by atoms with van der Waals surface area (Å²) in [6.45, 7) is 3.19. The molecule has 0 aliphatic rings. The average Bonchev–Trinajstić information content (AvgIpc) is 2.18. The summed E-state index contributed by atoms with van der Waals surface area (Å²) >= 11 is 0. The molecular weight excluding hydrogens is 240 g/mol. The Balaban J connectivity index is 3.07. The molecule has 17 heavy (non-hydrogen) atoms. The van der Waals surface area contributed by atoms with Crippen molar-refractivity contribution in [2.45, 2.75) is 20.2 Å². The van der Waals surface area contributed by atoms with E-state index in [-0.39, 0.29) is 17.3 Å². The molecule has 0 amide bonds. The molecule has 0 radical (unpaired) electrons. The third kappa shape index (κ3) is 3.72. The van der Waals surface area contributed by atoms with Crippen LogP contribution in [-0.2, 0) is 0 Å². The smallest absolute Gasteiger partial charge is 0.403 e. The Hall–Kier alpha value is -1.59. The van der Waals surface area contributed by atoms with Gasteiger partial charge in [0.1, 0.15) is 0 Å². The van der Waals surface area contributed by atoms with Gasteiger partial charge in [0.05, 0.1) is 0 Å². The lowest BCUT2D eigenvalue weighted by Crippen LogP contribution is -2.18. The highest BCUT2D eigenvalue weighted by molar-refractivity contribution is 5.97. The van der Waals surface area contributed by atoms with Crippen molar-refractivity contribution in [1.82, 2.24) is 0 Å². The van der Waals surface area contributed by atoms with E-state index in [4.69, 9.17) is 0 Å². The Kier molecular flexibility index (Phi) is 3.75. The highest BCUT2D eigenvalue weighted by Gasteiger charge is 2.32. The molecule has 0 heterocycles. The van der Waals surface area contributed by atoms with Crippen LogP contribution in [0.4, 0.5) is 17.6 Å². The zero-order valence-corrected chi connectivity index (χ0v) is 9.14. The van der Waals surface area contributed by atoms with Crippen molar-refractivity contribution in [2.75, 3.05) is 0 Å². The molecule has 6 heteroatoms. The van der Waals surface area contributed by atoms with Crippen LogP contribution in [-0.4, -0.2) is 12.1 Å². The van der Waals surface area contributed by atoms with Gasteiger partial charge in [-0.1, -0.05) is 13.8 Å². The van der Waals surface area contributed by atoms with E-state index in [0.717, 1.165) is 18.2 Å². The van der Waals surface area contributed by atoms with Crippen molar-refractivity contribution >= 4 is 5.78 Å². The first kappa shape index (κ1) is 13.5. The number of hydrogen-bond acceptors (Lipinski definition) is 2. The molecule has 0 aliphatic heterocycles. The Bertz CT molecular complexity index is 424. The normalized spacial score (nSPS) is 11.7. The van der Waals surface area contributed by atoms with Gasteiger partial charge in [-0.05, 0) is 18.2 Å². The minimum absolute atomic E-state index is 0.0133. The second-order valence-electron chi connectivity index (χ2n) is 3.71. The van der Waals surface area contributed by atoms with E-state index in [1.807, 2.05) is 0 Å². The van der Waals surface area contributed by atoms with Crippen LogP contribution in [0.3, 0.4) is 0 Å². The van der Waals surface area contributed by atoms with Gasteiger partial charge in [-0.2, -0.15) is 0 Å². The fraction of sp³-hybridized carbons (Fsp3) is 0.364. The van der Waals surface area contributed by atoms with Crippen LogP contribution in [0.15, 0.2) is 18.2 Å². The van der Waals surface area contributed by atoms with Crippen molar-refractivity contribution in [3.8, 4) is 5.75 Å². The third-order valence-corrected chi connectivity index (χ3v) is 1.97. The number of rotatable bonds is 3. The lowest BCUT2D eigenvalue weighted by molar-refractivity contribution is -0.275. The molecule has 0 unspecified atom stereocenters. The predicted octanol–water partition coefficient (Wildman–Crippen LogP) is 3.56. The fourth-order valence-corrected chi connectivity index (χ4v) is 1.19. The summed E-state index contributed by atoms with van der Waals surface area (Å²) in [5, 5.41) is 0. The Labute approximate surface area is 95.2 Å². The quantitative estimate of drug-likeness (QED) is 0.605. The fourth-order valence-electron chi connectivity index (χ4n) is 1.19. The van der Waals surface area contributed by atoms with Crippen molar-refractivity contribution in [3.63, 3.8) is 0 Å². The highest BCUT2D eigenvalue weighted by atomic mass is 19.4. The first-order valence-electron chi connectivity index (χ1n) is 4.80. The summed E-state index contributed by atoms with van der Waals surface area (Å²) < 4.78 is 52.3. The van der Waals surface area contributed by atoms with Crippen molar-refractivity contribution in [1.29, 1.82) is 0 Å². The van der Waals surface area contributed by atoms with Gasteiger partial charge in [-0.15, -0.1) is 13.2 Å². The number of carbonyl (C=O) groups is 1. The Morgan fingerprint density at radius 2 is 1.88 bits per heavy atom. The first-order chi connectivity index (χ1) is 7.70. The van der Waals surface area contributed by atoms with Gasteiger partial charge in [0.15, 0.2) is 17.3 Å². The summed E-state index contributed by atoms with van der Waals surface area (Å²) in [4.78, 5) is 11.5. The van der Waals surface area contributed by atoms with Gasteiger partial charge in [0.2, 0.25) is 0 Å². The van der Waals surface area contributed by atoms with Gasteiger partial charge in [0.25, 0.3) is 0 Å². The van der Waals surface area contributed by atoms with E-state index in [0.29, 0.717) is 0 Å². The first-order valence-corrected chi connectivity index (χ1v) is 4.80. The number of halogens is 4. The van der Waals surface area contributed by atoms with Crippen LogP contribution in [0.5, 0.6) is 5.75 Å². The molecule has 0 saturated carbocycles. The molecule has 0 bridgehead atoms. The number of carbonyl (C=O) groups excluding carboxylic acids is 1. The molecule has 1 aromatic carbocycles. The Morgan fingerprint density at radius 1 is 1.29 bits per heavy atom. The van der Waals surface area contributed by atoms with Crippen LogP contribution >= 0.6 is 0 Å². The number of ether oxygens (including phenoxy) is 1. The van der Waals surface area contributed by atoms with Crippen LogP contribution in [0, 0.1) is 11.7 Å². The summed E-state index contributed by atoms with van der Waals surface area (Å²) in [5.74, 6) is -2.93. The highest BCUT2D eigenvalue weighted by Crippen LogP contribution is 2.27. The molecule has 0 N–H and O–H groups in total. The topological polar surface area (TPSA) is 26.3 Å². The van der Waals surface area contributed by atoms with Crippen LogP contribution in [0.2, 0.25) is 0 Å². The monoisotopic (exact) mass is 250 g/mol. The minimum atomic E-state index is -4.99. The maximum Gasteiger partial charge on any atom is 0.573 e. The van der Waals surface area contributed by atoms with Crippen molar-refractivity contribution in [2.24, 2.45) is 5.92 Å². The van der Waals surface area contributed by atoms with E-state index in [1.165, 1.54) is 0 Å². The minimum Gasteiger partial charge on any atom is -0.403 e.